The monoisotopic (exact) mass is 1140 g/mol. The number of quaternary nitrogens is 1. The second kappa shape index (κ2) is 61.0. The molecule has 3 atom stereocenters. The van der Waals surface area contributed by atoms with E-state index in [1.165, 1.54) is 180 Å². The summed E-state index contributed by atoms with van der Waals surface area (Å²) >= 11 is 0. The first-order valence-corrected chi connectivity index (χ1v) is 35.1. The summed E-state index contributed by atoms with van der Waals surface area (Å²) in [6.07, 6.45) is 88.2. The molecule has 3 unspecified atom stereocenters. The molecule has 464 valence electrons. The lowest BCUT2D eigenvalue weighted by Crippen LogP contribution is -2.45. The summed E-state index contributed by atoms with van der Waals surface area (Å²) in [5.41, 5.74) is 0. The van der Waals surface area contributed by atoms with Crippen LogP contribution >= 0.6 is 7.82 Å². The third-order valence-corrected chi connectivity index (χ3v) is 15.8. The standard InChI is InChI=1S/C71H129N2O6P/c1-6-8-10-12-14-16-18-20-22-24-26-28-30-32-34-36-38-40-42-44-46-48-50-52-54-56-58-60-62-64-70(74)69(68-79-80(76,77)78-67-66-73(3,4)5)72-71(75)65-63-61-59-57-55-53-51-49-47-45-43-41-39-37-35-33-31-29-27-25-23-21-19-17-15-13-11-9-7-2/h9,11,15,17,21,23,27,29,33,35,39,41,45,47,62,64,69-70,74H,6-8,10,12-14,16,18-20,22,24-26,28,30-32,34,36-38,40,42-44,46,48-61,63,65-68H2,1-5H3,(H-,72,75,76,77)/p+1/b11-9-,17-15-,23-21-,29-27-,35-33-,41-39-,47-45-,64-62+. The van der Waals surface area contributed by atoms with Crippen LogP contribution in [0.2, 0.25) is 0 Å². The van der Waals surface area contributed by atoms with E-state index in [1.807, 2.05) is 27.2 Å². The van der Waals surface area contributed by atoms with Gasteiger partial charge in [-0.2, -0.15) is 0 Å². The topological polar surface area (TPSA) is 105 Å². The summed E-state index contributed by atoms with van der Waals surface area (Å²) in [7, 11) is 1.56. The molecule has 80 heavy (non-hydrogen) atoms. The van der Waals surface area contributed by atoms with Crippen LogP contribution in [0.1, 0.15) is 296 Å². The number of hydrogen-bond acceptors (Lipinski definition) is 5. The van der Waals surface area contributed by atoms with Crippen LogP contribution in [0.25, 0.3) is 0 Å². The van der Waals surface area contributed by atoms with Gasteiger partial charge in [0.2, 0.25) is 5.91 Å². The van der Waals surface area contributed by atoms with E-state index >= 15 is 0 Å². The Balaban J connectivity index is 4.17. The van der Waals surface area contributed by atoms with Gasteiger partial charge in [0.1, 0.15) is 13.2 Å². The lowest BCUT2D eigenvalue weighted by atomic mass is 10.0. The third kappa shape index (κ3) is 63.0. The van der Waals surface area contributed by atoms with E-state index in [2.05, 4.69) is 104 Å². The number of aliphatic hydroxyl groups excluding tert-OH is 1. The number of phosphoric ester groups is 1. The summed E-state index contributed by atoms with van der Waals surface area (Å²) in [6, 6.07) is -0.861. The summed E-state index contributed by atoms with van der Waals surface area (Å²) in [4.78, 5) is 23.4. The van der Waals surface area contributed by atoms with Gasteiger partial charge in [-0.05, 0) is 77.0 Å². The van der Waals surface area contributed by atoms with Gasteiger partial charge in [0, 0.05) is 6.42 Å². The van der Waals surface area contributed by atoms with Gasteiger partial charge in [-0.3, -0.25) is 13.8 Å². The molecule has 0 spiro atoms. The smallest absolute Gasteiger partial charge is 0.387 e. The van der Waals surface area contributed by atoms with Gasteiger partial charge in [-0.1, -0.05) is 310 Å². The molecule has 0 aliphatic rings. The quantitative estimate of drug-likeness (QED) is 0.0243. The molecule has 1 amide bonds. The zero-order valence-corrected chi connectivity index (χ0v) is 53.9. The SMILES string of the molecule is CC/C=C\C/C=C\C/C=C\C/C=C\C/C=C\C/C=C\C/C=C\CCCCCCCCCC(=O)NC(COP(=O)(O)OCC[N+](C)(C)C)C(O)/C=C/CCCCCCCCCCCCCCCCCCCCCCCCCCCCC. The predicted octanol–water partition coefficient (Wildman–Crippen LogP) is 21.3. The molecule has 0 aliphatic carbocycles. The maximum Gasteiger partial charge on any atom is 0.472 e. The molecule has 0 radical (unpaired) electrons. The number of phosphoric acid groups is 1. The first-order chi connectivity index (χ1) is 39.0. The molecular formula is C71H130N2O6P+. The molecule has 3 N–H and O–H groups in total. The lowest BCUT2D eigenvalue weighted by Gasteiger charge is -2.25. The van der Waals surface area contributed by atoms with Crippen molar-refractivity contribution in [3.8, 4) is 0 Å². The van der Waals surface area contributed by atoms with Gasteiger partial charge in [-0.25, -0.2) is 4.57 Å². The van der Waals surface area contributed by atoms with Crippen molar-refractivity contribution in [1.29, 1.82) is 0 Å². The molecule has 0 bridgehead atoms. The number of aliphatic hydroxyl groups is 1. The molecule has 9 heteroatoms. The Hall–Kier alpha value is -2.58. The normalized spacial score (nSPS) is 14.3. The maximum absolute atomic E-state index is 13.0. The van der Waals surface area contributed by atoms with E-state index in [9.17, 15) is 19.4 Å². The van der Waals surface area contributed by atoms with Crippen LogP contribution in [0.15, 0.2) is 97.2 Å². The van der Waals surface area contributed by atoms with Crippen molar-refractivity contribution in [2.75, 3.05) is 40.9 Å². The first-order valence-electron chi connectivity index (χ1n) is 33.6. The van der Waals surface area contributed by atoms with Crippen LogP contribution in [0, 0.1) is 0 Å². The van der Waals surface area contributed by atoms with Gasteiger partial charge >= 0.3 is 7.82 Å². The van der Waals surface area contributed by atoms with Crippen molar-refractivity contribution in [3.63, 3.8) is 0 Å². The second-order valence-electron chi connectivity index (χ2n) is 23.8. The van der Waals surface area contributed by atoms with Crippen molar-refractivity contribution in [2.45, 2.75) is 309 Å². The van der Waals surface area contributed by atoms with Crippen LogP contribution in [0.5, 0.6) is 0 Å². The van der Waals surface area contributed by atoms with Crippen molar-refractivity contribution in [3.05, 3.63) is 97.2 Å². The number of carbonyl (C=O) groups excluding carboxylic acids is 1. The van der Waals surface area contributed by atoms with Gasteiger partial charge in [0.15, 0.2) is 0 Å². The number of nitrogens with one attached hydrogen (secondary N) is 1. The van der Waals surface area contributed by atoms with E-state index in [-0.39, 0.29) is 19.1 Å². The highest BCUT2D eigenvalue weighted by atomic mass is 31.2. The molecule has 0 saturated heterocycles. The van der Waals surface area contributed by atoms with Crippen molar-refractivity contribution >= 4 is 13.7 Å². The molecule has 0 aromatic heterocycles. The van der Waals surface area contributed by atoms with Gasteiger partial charge in [0.25, 0.3) is 0 Å². The molecule has 0 aromatic carbocycles. The fourth-order valence-electron chi connectivity index (χ4n) is 9.61. The highest BCUT2D eigenvalue weighted by Crippen LogP contribution is 2.43. The zero-order valence-electron chi connectivity index (χ0n) is 53.0. The van der Waals surface area contributed by atoms with Crippen LogP contribution < -0.4 is 5.32 Å². The molecule has 0 aromatic rings. The molecule has 0 saturated carbocycles. The molecule has 0 rings (SSSR count). The number of amides is 1. The van der Waals surface area contributed by atoms with Crippen molar-refractivity contribution in [2.24, 2.45) is 0 Å². The summed E-state index contributed by atoms with van der Waals surface area (Å²) in [5.74, 6) is -0.189. The Morgan fingerprint density at radius 2 is 0.750 bits per heavy atom. The fraction of sp³-hybridized carbons (Fsp3) is 0.761. The van der Waals surface area contributed by atoms with Crippen LogP contribution in [-0.2, 0) is 18.4 Å². The van der Waals surface area contributed by atoms with Crippen molar-refractivity contribution < 1.29 is 32.9 Å². The molecule has 8 nitrogen and oxygen atoms in total. The minimum atomic E-state index is -4.36. The molecule has 0 heterocycles. The number of unbranched alkanes of at least 4 members (excludes halogenated alkanes) is 34. The van der Waals surface area contributed by atoms with Crippen LogP contribution in [0.3, 0.4) is 0 Å². The van der Waals surface area contributed by atoms with E-state index in [4.69, 9.17) is 9.05 Å². The second-order valence-corrected chi connectivity index (χ2v) is 25.3. The van der Waals surface area contributed by atoms with Gasteiger partial charge < -0.3 is 19.8 Å². The Labute approximate surface area is 496 Å². The van der Waals surface area contributed by atoms with E-state index in [1.54, 1.807) is 6.08 Å². The van der Waals surface area contributed by atoms with Crippen LogP contribution in [0.4, 0.5) is 0 Å². The van der Waals surface area contributed by atoms with Crippen molar-refractivity contribution in [1.82, 2.24) is 5.32 Å². The maximum atomic E-state index is 13.0. The summed E-state index contributed by atoms with van der Waals surface area (Å²) in [6.45, 7) is 4.72. The largest absolute Gasteiger partial charge is 0.472 e. The highest BCUT2D eigenvalue weighted by molar-refractivity contribution is 7.47. The Bertz CT molecular complexity index is 1620. The highest BCUT2D eigenvalue weighted by Gasteiger charge is 2.28. The lowest BCUT2D eigenvalue weighted by molar-refractivity contribution is -0.870. The third-order valence-electron chi connectivity index (χ3n) is 14.8. The average molecular weight is 1140 g/mol. The molecule has 0 aliphatic heterocycles. The first kappa shape index (κ1) is 77.4. The molecule has 0 fully saturated rings. The number of likely N-dealkylation sites (N-methyl/N-ethyl adjacent to an activating group) is 1. The van der Waals surface area contributed by atoms with Crippen LogP contribution in [-0.4, -0.2) is 73.4 Å². The Morgan fingerprint density at radius 3 is 1.10 bits per heavy atom. The van der Waals surface area contributed by atoms with Gasteiger partial charge in [0.05, 0.1) is 39.9 Å². The van der Waals surface area contributed by atoms with Gasteiger partial charge in [-0.15, -0.1) is 0 Å². The van der Waals surface area contributed by atoms with E-state index < -0.39 is 20.0 Å². The minimum absolute atomic E-state index is 0.0547. The number of nitrogens with zero attached hydrogens (tertiary/aromatic N) is 1. The number of rotatable bonds is 61. The average Bonchev–Trinajstić information content (AvgIpc) is 3.42. The van der Waals surface area contributed by atoms with E-state index in [0.717, 1.165) is 96.3 Å². The molecular weight excluding hydrogens is 1010 g/mol. The Morgan fingerprint density at radius 1 is 0.438 bits per heavy atom. The fourth-order valence-corrected chi connectivity index (χ4v) is 10.3. The van der Waals surface area contributed by atoms with E-state index in [0.29, 0.717) is 17.4 Å². The predicted molar refractivity (Wildman–Crippen MR) is 350 cm³/mol. The number of hydrogen-bond donors (Lipinski definition) is 3. The number of allylic oxidation sites excluding steroid dienone is 15. The summed E-state index contributed by atoms with van der Waals surface area (Å²) in [5, 5.41) is 14.0. The number of carbonyl (C=O) groups is 1. The minimum Gasteiger partial charge on any atom is -0.387 e. The zero-order chi connectivity index (χ0) is 58.4. The Kier molecular flexibility index (Phi) is 59.0. The summed E-state index contributed by atoms with van der Waals surface area (Å²) < 4.78 is 23.8.